The van der Waals surface area contributed by atoms with Crippen LogP contribution in [0.25, 0.3) is 6.08 Å². The second-order valence-electron chi connectivity index (χ2n) is 3.04. The largest absolute Gasteiger partial charge is 0.327 e. The lowest BCUT2D eigenvalue weighted by atomic mass is 10.1. The maximum absolute atomic E-state index is 10.4. The minimum atomic E-state index is -0.413. The lowest BCUT2D eigenvalue weighted by Crippen LogP contribution is -1.99. The standard InChI is InChI=1S/C10H12N2O2/c1-8(7-11)6-9-2-4-10(5-3-9)12(13)14/h2-6H,7,11H2,1H3/b8-6-. The number of non-ortho nitro benzene ring substituents is 1. The summed E-state index contributed by atoms with van der Waals surface area (Å²) in [5, 5.41) is 10.4. The molecule has 0 amide bonds. The van der Waals surface area contributed by atoms with Gasteiger partial charge in [0.05, 0.1) is 4.92 Å². The normalized spacial score (nSPS) is 11.4. The lowest BCUT2D eigenvalue weighted by molar-refractivity contribution is -0.384. The number of nitro groups is 1. The van der Waals surface area contributed by atoms with Crippen molar-refractivity contribution in [3.8, 4) is 0 Å². The first-order chi connectivity index (χ1) is 6.63. The van der Waals surface area contributed by atoms with Crippen LogP contribution in [-0.4, -0.2) is 11.5 Å². The number of nitrogens with two attached hydrogens (primary N) is 1. The van der Waals surface area contributed by atoms with Crippen molar-refractivity contribution in [3.63, 3.8) is 0 Å². The molecule has 0 radical (unpaired) electrons. The molecule has 2 N–H and O–H groups in total. The predicted molar refractivity (Wildman–Crippen MR) is 55.8 cm³/mol. The van der Waals surface area contributed by atoms with Gasteiger partial charge < -0.3 is 5.73 Å². The van der Waals surface area contributed by atoms with Gasteiger partial charge in [-0.1, -0.05) is 11.6 Å². The smallest absolute Gasteiger partial charge is 0.269 e. The van der Waals surface area contributed by atoms with Crippen molar-refractivity contribution in [2.45, 2.75) is 6.92 Å². The summed E-state index contributed by atoms with van der Waals surface area (Å²) in [4.78, 5) is 9.95. The van der Waals surface area contributed by atoms with E-state index < -0.39 is 4.92 Å². The van der Waals surface area contributed by atoms with Crippen molar-refractivity contribution in [3.05, 3.63) is 45.5 Å². The first-order valence-corrected chi connectivity index (χ1v) is 4.25. The van der Waals surface area contributed by atoms with Crippen LogP contribution in [-0.2, 0) is 0 Å². The summed E-state index contributed by atoms with van der Waals surface area (Å²) in [6.07, 6.45) is 1.91. The van der Waals surface area contributed by atoms with E-state index in [-0.39, 0.29) is 5.69 Å². The average molecular weight is 192 g/mol. The molecule has 0 aliphatic rings. The van der Waals surface area contributed by atoms with Crippen LogP contribution in [0.3, 0.4) is 0 Å². The molecule has 0 unspecified atom stereocenters. The molecule has 0 saturated heterocycles. The Labute approximate surface area is 82.2 Å². The third-order valence-electron chi connectivity index (χ3n) is 1.84. The van der Waals surface area contributed by atoms with Gasteiger partial charge in [0.2, 0.25) is 0 Å². The SMILES string of the molecule is C/C(=C/c1ccc([N+](=O)[O-])cc1)CN. The Bertz CT molecular complexity index is 355. The van der Waals surface area contributed by atoms with E-state index in [0.717, 1.165) is 11.1 Å². The van der Waals surface area contributed by atoms with Crippen LogP contribution in [0.1, 0.15) is 12.5 Å². The Morgan fingerprint density at radius 2 is 2.07 bits per heavy atom. The fourth-order valence-electron chi connectivity index (χ4n) is 1.04. The van der Waals surface area contributed by atoms with Gasteiger partial charge in [0.25, 0.3) is 5.69 Å². The quantitative estimate of drug-likeness (QED) is 0.587. The number of nitrogens with zero attached hydrogens (tertiary/aromatic N) is 1. The van der Waals surface area contributed by atoms with Gasteiger partial charge in [0, 0.05) is 18.7 Å². The number of hydrogen-bond donors (Lipinski definition) is 1. The van der Waals surface area contributed by atoms with Crippen molar-refractivity contribution in [2.24, 2.45) is 5.73 Å². The minimum Gasteiger partial charge on any atom is -0.327 e. The Balaban J connectivity index is 2.89. The van der Waals surface area contributed by atoms with Crippen molar-refractivity contribution in [1.82, 2.24) is 0 Å². The fourth-order valence-corrected chi connectivity index (χ4v) is 1.04. The van der Waals surface area contributed by atoms with Crippen LogP contribution in [0, 0.1) is 10.1 Å². The molecule has 4 nitrogen and oxygen atoms in total. The third-order valence-corrected chi connectivity index (χ3v) is 1.84. The highest BCUT2D eigenvalue weighted by Crippen LogP contribution is 2.13. The second kappa shape index (κ2) is 4.53. The lowest BCUT2D eigenvalue weighted by Gasteiger charge is -1.96. The van der Waals surface area contributed by atoms with E-state index in [2.05, 4.69) is 0 Å². The Kier molecular flexibility index (Phi) is 3.36. The predicted octanol–water partition coefficient (Wildman–Crippen LogP) is 1.96. The van der Waals surface area contributed by atoms with Gasteiger partial charge in [-0.05, 0) is 24.6 Å². The van der Waals surface area contributed by atoms with Crippen LogP contribution in [0.5, 0.6) is 0 Å². The number of hydrogen-bond acceptors (Lipinski definition) is 3. The van der Waals surface area contributed by atoms with Crippen LogP contribution in [0.4, 0.5) is 5.69 Å². The van der Waals surface area contributed by atoms with Crippen molar-refractivity contribution in [2.75, 3.05) is 6.54 Å². The fraction of sp³-hybridized carbons (Fsp3) is 0.200. The van der Waals surface area contributed by atoms with Gasteiger partial charge in [-0.2, -0.15) is 0 Å². The molecular formula is C10H12N2O2. The highest BCUT2D eigenvalue weighted by atomic mass is 16.6. The highest BCUT2D eigenvalue weighted by Gasteiger charge is 2.02. The van der Waals surface area contributed by atoms with E-state index >= 15 is 0 Å². The summed E-state index contributed by atoms with van der Waals surface area (Å²) >= 11 is 0. The number of rotatable bonds is 3. The molecule has 0 aliphatic heterocycles. The van der Waals surface area contributed by atoms with E-state index in [1.807, 2.05) is 13.0 Å². The number of benzene rings is 1. The topological polar surface area (TPSA) is 69.2 Å². The maximum atomic E-state index is 10.4. The van der Waals surface area contributed by atoms with Gasteiger partial charge in [-0.15, -0.1) is 0 Å². The molecule has 74 valence electrons. The molecular weight excluding hydrogens is 180 g/mol. The van der Waals surface area contributed by atoms with Gasteiger partial charge in [-0.25, -0.2) is 0 Å². The molecule has 0 saturated carbocycles. The maximum Gasteiger partial charge on any atom is 0.269 e. The molecule has 14 heavy (non-hydrogen) atoms. The van der Waals surface area contributed by atoms with Crippen molar-refractivity contribution >= 4 is 11.8 Å². The van der Waals surface area contributed by atoms with Gasteiger partial charge in [0.15, 0.2) is 0 Å². The van der Waals surface area contributed by atoms with Gasteiger partial charge in [0.1, 0.15) is 0 Å². The Morgan fingerprint density at radius 3 is 2.50 bits per heavy atom. The number of nitro benzene ring substituents is 1. The van der Waals surface area contributed by atoms with E-state index in [4.69, 9.17) is 5.73 Å². The second-order valence-corrected chi connectivity index (χ2v) is 3.04. The zero-order valence-electron chi connectivity index (χ0n) is 7.93. The summed E-state index contributed by atoms with van der Waals surface area (Å²) in [6.45, 7) is 2.42. The first-order valence-electron chi connectivity index (χ1n) is 4.25. The summed E-state index contributed by atoms with van der Waals surface area (Å²) < 4.78 is 0. The molecule has 0 spiro atoms. The van der Waals surface area contributed by atoms with Crippen LogP contribution >= 0.6 is 0 Å². The zero-order valence-corrected chi connectivity index (χ0v) is 7.93. The summed E-state index contributed by atoms with van der Waals surface area (Å²) in [6, 6.07) is 6.37. The highest BCUT2D eigenvalue weighted by molar-refractivity contribution is 5.54. The van der Waals surface area contributed by atoms with Crippen molar-refractivity contribution in [1.29, 1.82) is 0 Å². The van der Waals surface area contributed by atoms with E-state index in [1.165, 1.54) is 12.1 Å². The summed E-state index contributed by atoms with van der Waals surface area (Å²) in [5.74, 6) is 0. The molecule has 0 fully saturated rings. The van der Waals surface area contributed by atoms with E-state index in [9.17, 15) is 10.1 Å². The molecule has 0 atom stereocenters. The molecule has 1 aromatic rings. The van der Waals surface area contributed by atoms with Gasteiger partial charge in [-0.3, -0.25) is 10.1 Å². The minimum absolute atomic E-state index is 0.104. The molecule has 1 aromatic carbocycles. The molecule has 0 bridgehead atoms. The molecule has 0 aromatic heterocycles. The Morgan fingerprint density at radius 1 is 1.50 bits per heavy atom. The van der Waals surface area contributed by atoms with Crippen LogP contribution in [0.2, 0.25) is 0 Å². The third kappa shape index (κ3) is 2.67. The van der Waals surface area contributed by atoms with E-state index in [1.54, 1.807) is 12.1 Å². The van der Waals surface area contributed by atoms with Crippen LogP contribution < -0.4 is 5.73 Å². The van der Waals surface area contributed by atoms with E-state index in [0.29, 0.717) is 6.54 Å². The monoisotopic (exact) mass is 192 g/mol. The van der Waals surface area contributed by atoms with Gasteiger partial charge >= 0.3 is 0 Å². The average Bonchev–Trinajstić information content (AvgIpc) is 2.18. The first kappa shape index (κ1) is 10.4. The molecule has 1 rings (SSSR count). The zero-order chi connectivity index (χ0) is 10.6. The Hall–Kier alpha value is -1.68. The molecule has 0 aliphatic carbocycles. The molecule has 4 heteroatoms. The summed E-state index contributed by atoms with van der Waals surface area (Å²) in [5.41, 5.74) is 7.50. The summed E-state index contributed by atoms with van der Waals surface area (Å²) in [7, 11) is 0. The molecule has 0 heterocycles. The van der Waals surface area contributed by atoms with Crippen molar-refractivity contribution < 1.29 is 4.92 Å². The van der Waals surface area contributed by atoms with Crippen LogP contribution in [0.15, 0.2) is 29.8 Å².